The Morgan fingerprint density at radius 3 is 2.33 bits per heavy atom. The zero-order valence-corrected chi connectivity index (χ0v) is 14.4. The summed E-state index contributed by atoms with van der Waals surface area (Å²) in [7, 11) is 1.95. The molecule has 0 saturated carbocycles. The molecule has 0 heterocycles. The molecule has 0 saturated heterocycles. The largest absolute Gasteiger partial charge is 0.465 e. The van der Waals surface area contributed by atoms with E-state index in [1.807, 2.05) is 43.1 Å². The average molecular weight is 326 g/mol. The Morgan fingerprint density at radius 1 is 1.08 bits per heavy atom. The van der Waals surface area contributed by atoms with E-state index in [1.54, 1.807) is 0 Å². The summed E-state index contributed by atoms with van der Waals surface area (Å²) in [6.45, 7) is 3.38. The van der Waals surface area contributed by atoms with Crippen LogP contribution in [0.1, 0.15) is 24.9 Å². The highest BCUT2D eigenvalue weighted by atomic mass is 16.5. The maximum absolute atomic E-state index is 11.6. The van der Waals surface area contributed by atoms with E-state index in [4.69, 9.17) is 4.74 Å². The molecule has 0 amide bonds. The Labute approximate surface area is 144 Å². The zero-order chi connectivity index (χ0) is 17.2. The maximum Gasteiger partial charge on any atom is 0.320 e. The van der Waals surface area contributed by atoms with E-state index in [-0.39, 0.29) is 12.0 Å². The molecule has 0 aliphatic carbocycles. The summed E-state index contributed by atoms with van der Waals surface area (Å²) in [4.78, 5) is 13.6. The lowest BCUT2D eigenvalue weighted by Crippen LogP contribution is -2.30. The standard InChI is InChI=1S/C20H26N2O2/c1-3-24-20(23)16-22(2)15-14-19(17-10-6-4-7-11-17)21-18-12-8-5-9-13-18/h4-13,19,21H,3,14-16H2,1-2H3. The van der Waals surface area contributed by atoms with Gasteiger partial charge >= 0.3 is 5.97 Å². The molecule has 0 aliphatic rings. The van der Waals surface area contributed by atoms with Gasteiger partial charge in [-0.15, -0.1) is 0 Å². The monoisotopic (exact) mass is 326 g/mol. The minimum absolute atomic E-state index is 0.174. The van der Waals surface area contributed by atoms with Gasteiger partial charge in [0.05, 0.1) is 19.2 Å². The molecule has 0 bridgehead atoms. The number of hydrogen-bond donors (Lipinski definition) is 1. The van der Waals surface area contributed by atoms with Crippen LogP contribution >= 0.6 is 0 Å². The fraction of sp³-hybridized carbons (Fsp3) is 0.350. The Balaban J connectivity index is 1.97. The molecular formula is C20H26N2O2. The van der Waals surface area contributed by atoms with Crippen molar-refractivity contribution in [3.63, 3.8) is 0 Å². The van der Waals surface area contributed by atoms with Crippen molar-refractivity contribution in [3.05, 3.63) is 66.2 Å². The van der Waals surface area contributed by atoms with Crippen LogP contribution in [0.3, 0.4) is 0 Å². The van der Waals surface area contributed by atoms with Crippen molar-refractivity contribution in [2.75, 3.05) is 32.1 Å². The predicted molar refractivity (Wildman–Crippen MR) is 98.0 cm³/mol. The SMILES string of the molecule is CCOC(=O)CN(C)CCC(Nc1ccccc1)c1ccccc1. The molecule has 128 valence electrons. The van der Waals surface area contributed by atoms with E-state index in [1.165, 1.54) is 5.56 Å². The topological polar surface area (TPSA) is 41.6 Å². The van der Waals surface area contributed by atoms with Gasteiger partial charge in [0.1, 0.15) is 0 Å². The van der Waals surface area contributed by atoms with Crippen molar-refractivity contribution in [1.82, 2.24) is 4.90 Å². The second kappa shape index (κ2) is 9.73. The number of carbonyl (C=O) groups is 1. The molecule has 0 spiro atoms. The van der Waals surface area contributed by atoms with E-state index in [9.17, 15) is 4.79 Å². The van der Waals surface area contributed by atoms with E-state index in [0.29, 0.717) is 13.2 Å². The van der Waals surface area contributed by atoms with Crippen LogP contribution in [0.5, 0.6) is 0 Å². The van der Waals surface area contributed by atoms with E-state index in [2.05, 4.69) is 41.7 Å². The molecule has 2 aromatic rings. The first kappa shape index (κ1) is 18.0. The summed E-state index contributed by atoms with van der Waals surface area (Å²) in [5.41, 5.74) is 2.34. The fourth-order valence-corrected chi connectivity index (χ4v) is 2.60. The van der Waals surface area contributed by atoms with Gasteiger partial charge in [-0.1, -0.05) is 48.5 Å². The number of carbonyl (C=O) groups excluding carboxylic acids is 1. The molecule has 1 N–H and O–H groups in total. The normalized spacial score (nSPS) is 12.0. The molecule has 0 aliphatic heterocycles. The van der Waals surface area contributed by atoms with Crippen LogP contribution in [-0.2, 0) is 9.53 Å². The third kappa shape index (κ3) is 6.05. The molecule has 2 rings (SSSR count). The smallest absolute Gasteiger partial charge is 0.320 e. The van der Waals surface area contributed by atoms with Crippen molar-refractivity contribution in [3.8, 4) is 0 Å². The van der Waals surface area contributed by atoms with E-state index in [0.717, 1.165) is 18.7 Å². The molecule has 24 heavy (non-hydrogen) atoms. The molecule has 1 unspecified atom stereocenters. The number of hydrogen-bond acceptors (Lipinski definition) is 4. The average Bonchev–Trinajstić information content (AvgIpc) is 2.60. The quantitative estimate of drug-likeness (QED) is 0.713. The molecule has 0 aromatic heterocycles. The maximum atomic E-state index is 11.6. The fourth-order valence-electron chi connectivity index (χ4n) is 2.60. The number of para-hydroxylation sites is 1. The minimum atomic E-state index is -0.174. The molecular weight excluding hydrogens is 300 g/mol. The van der Waals surface area contributed by atoms with Gasteiger partial charge in [-0.2, -0.15) is 0 Å². The molecule has 0 fully saturated rings. The highest BCUT2D eigenvalue weighted by Crippen LogP contribution is 2.22. The summed E-state index contributed by atoms with van der Waals surface area (Å²) in [5, 5.41) is 3.59. The number of esters is 1. The van der Waals surface area contributed by atoms with Gasteiger partial charge in [0.15, 0.2) is 0 Å². The third-order valence-corrected chi connectivity index (χ3v) is 3.82. The van der Waals surface area contributed by atoms with Crippen molar-refractivity contribution >= 4 is 11.7 Å². The Morgan fingerprint density at radius 2 is 1.71 bits per heavy atom. The van der Waals surface area contributed by atoms with Crippen LogP contribution in [0.4, 0.5) is 5.69 Å². The number of benzene rings is 2. The predicted octanol–water partition coefficient (Wildman–Crippen LogP) is 3.72. The van der Waals surface area contributed by atoms with Crippen molar-refractivity contribution in [1.29, 1.82) is 0 Å². The van der Waals surface area contributed by atoms with Crippen LogP contribution in [0.25, 0.3) is 0 Å². The molecule has 2 aromatic carbocycles. The second-order valence-corrected chi connectivity index (χ2v) is 5.81. The summed E-state index contributed by atoms with van der Waals surface area (Å²) >= 11 is 0. The van der Waals surface area contributed by atoms with Gasteiger partial charge in [-0.25, -0.2) is 0 Å². The number of nitrogens with zero attached hydrogens (tertiary/aromatic N) is 1. The van der Waals surface area contributed by atoms with Crippen molar-refractivity contribution in [2.45, 2.75) is 19.4 Å². The van der Waals surface area contributed by atoms with E-state index < -0.39 is 0 Å². The van der Waals surface area contributed by atoms with E-state index >= 15 is 0 Å². The second-order valence-electron chi connectivity index (χ2n) is 5.81. The number of rotatable bonds is 9. The van der Waals surface area contributed by atoms with Gasteiger partial charge in [0, 0.05) is 12.2 Å². The highest BCUT2D eigenvalue weighted by Gasteiger charge is 2.14. The lowest BCUT2D eigenvalue weighted by molar-refractivity contribution is -0.144. The molecule has 4 nitrogen and oxygen atoms in total. The third-order valence-electron chi connectivity index (χ3n) is 3.82. The number of nitrogens with one attached hydrogen (secondary N) is 1. The summed E-state index contributed by atoms with van der Waals surface area (Å²) < 4.78 is 5.00. The van der Waals surface area contributed by atoms with Crippen LogP contribution in [0.15, 0.2) is 60.7 Å². The number of likely N-dealkylation sites (N-methyl/N-ethyl adjacent to an activating group) is 1. The van der Waals surface area contributed by atoms with Gasteiger partial charge in [-0.05, 0) is 38.1 Å². The molecule has 4 heteroatoms. The van der Waals surface area contributed by atoms with Crippen LogP contribution < -0.4 is 5.32 Å². The summed E-state index contributed by atoms with van der Waals surface area (Å²) in [6.07, 6.45) is 0.898. The van der Waals surface area contributed by atoms with Crippen LogP contribution in [-0.4, -0.2) is 37.6 Å². The van der Waals surface area contributed by atoms with Gasteiger partial charge in [0.2, 0.25) is 0 Å². The highest BCUT2D eigenvalue weighted by molar-refractivity contribution is 5.71. The Bertz CT molecular complexity index is 602. The molecule has 0 radical (unpaired) electrons. The number of ether oxygens (including phenoxy) is 1. The number of anilines is 1. The lowest BCUT2D eigenvalue weighted by atomic mass is 10.0. The van der Waals surface area contributed by atoms with Gasteiger partial charge in [0.25, 0.3) is 0 Å². The first-order valence-corrected chi connectivity index (χ1v) is 8.39. The molecule has 1 atom stereocenters. The lowest BCUT2D eigenvalue weighted by Gasteiger charge is -2.23. The minimum Gasteiger partial charge on any atom is -0.465 e. The zero-order valence-electron chi connectivity index (χ0n) is 14.4. The summed E-state index contributed by atoms with van der Waals surface area (Å²) in [5.74, 6) is -0.174. The Hall–Kier alpha value is -2.33. The van der Waals surface area contributed by atoms with Crippen LogP contribution in [0.2, 0.25) is 0 Å². The van der Waals surface area contributed by atoms with Crippen LogP contribution in [0, 0.1) is 0 Å². The van der Waals surface area contributed by atoms with Crippen molar-refractivity contribution in [2.24, 2.45) is 0 Å². The van der Waals surface area contributed by atoms with Crippen molar-refractivity contribution < 1.29 is 9.53 Å². The first-order chi connectivity index (χ1) is 11.7. The first-order valence-electron chi connectivity index (χ1n) is 8.39. The van der Waals surface area contributed by atoms with Gasteiger partial charge < -0.3 is 10.1 Å². The summed E-state index contributed by atoms with van der Waals surface area (Å²) in [6, 6.07) is 20.8. The van der Waals surface area contributed by atoms with Gasteiger partial charge in [-0.3, -0.25) is 9.69 Å². The Kier molecular flexibility index (Phi) is 7.30.